The monoisotopic (exact) mass is 182 g/mol. The molecule has 0 aliphatic rings. The van der Waals surface area contributed by atoms with Gasteiger partial charge in [-0.25, -0.2) is 0 Å². The molecule has 0 amide bonds. The summed E-state index contributed by atoms with van der Waals surface area (Å²) in [6.45, 7) is -1.69. The Kier molecular flexibility index (Phi) is 4.95. The van der Waals surface area contributed by atoms with Crippen molar-refractivity contribution in [2.45, 2.75) is 18.3 Å². The van der Waals surface area contributed by atoms with Gasteiger partial charge in [-0.1, -0.05) is 0 Å². The van der Waals surface area contributed by atoms with Crippen LogP contribution < -0.4 is 0 Å². The molecule has 0 rings (SSSR count). The molecule has 0 bridgehead atoms. The lowest BCUT2D eigenvalue weighted by molar-refractivity contribution is -0.142. The van der Waals surface area contributed by atoms with Crippen LogP contribution in [-0.4, -0.2) is 62.8 Å². The molecule has 0 saturated carbocycles. The standard InChI is InChI=1S/C6H12O6/c7-1-3(9)5(11)6(12)4(10)2-8/h3,5-9,11-12H,1-2H2/t3-,5-,6-/m1/s1/i7+2. The average molecular weight is 182 g/mol. The summed E-state index contributed by atoms with van der Waals surface area (Å²) in [5.41, 5.74) is 0. The van der Waals surface area contributed by atoms with Gasteiger partial charge in [0.25, 0.3) is 0 Å². The molecule has 0 aromatic heterocycles. The largest absolute Gasteiger partial charge is 0.394 e. The second-order valence-corrected chi connectivity index (χ2v) is 2.31. The highest BCUT2D eigenvalue weighted by atomic mass is 18.2. The Bertz CT molecular complexity index is 147. The van der Waals surface area contributed by atoms with Crippen LogP contribution in [0.25, 0.3) is 0 Å². The van der Waals surface area contributed by atoms with E-state index < -0.39 is 37.3 Å². The van der Waals surface area contributed by atoms with Gasteiger partial charge in [0.1, 0.15) is 24.9 Å². The van der Waals surface area contributed by atoms with Crippen LogP contribution in [0.15, 0.2) is 0 Å². The predicted octanol–water partition coefficient (Wildman–Crippen LogP) is -3.38. The third kappa shape index (κ3) is 2.84. The van der Waals surface area contributed by atoms with Crippen molar-refractivity contribution in [1.29, 1.82) is 0 Å². The Labute approximate surface area is 68.7 Å². The Morgan fingerprint density at radius 3 is 2.17 bits per heavy atom. The summed E-state index contributed by atoms with van der Waals surface area (Å²) in [5.74, 6) is -1.00. The molecule has 0 unspecified atom stereocenters. The van der Waals surface area contributed by atoms with Gasteiger partial charge in [-0.05, 0) is 0 Å². The molecule has 0 saturated heterocycles. The molecule has 3 atom stereocenters. The number of hydrogen-bond acceptors (Lipinski definition) is 6. The lowest BCUT2D eigenvalue weighted by Gasteiger charge is -2.19. The summed E-state index contributed by atoms with van der Waals surface area (Å²) >= 11 is 0. The Hall–Kier alpha value is -0.530. The molecule has 0 spiro atoms. The van der Waals surface area contributed by atoms with E-state index in [2.05, 4.69) is 0 Å². The SMILES string of the molecule is O=C(CO)[C@@H](O)[C@H](O)[C@H](O)C[18OH]. The number of ketones is 1. The lowest BCUT2D eigenvalue weighted by atomic mass is 10.1. The number of rotatable bonds is 5. The van der Waals surface area contributed by atoms with E-state index in [0.29, 0.717) is 0 Å². The van der Waals surface area contributed by atoms with E-state index in [1.54, 1.807) is 0 Å². The van der Waals surface area contributed by atoms with Crippen LogP contribution in [-0.2, 0) is 4.79 Å². The van der Waals surface area contributed by atoms with E-state index in [4.69, 9.17) is 25.5 Å². The van der Waals surface area contributed by atoms with E-state index >= 15 is 0 Å². The van der Waals surface area contributed by atoms with E-state index in [-0.39, 0.29) is 0 Å². The van der Waals surface area contributed by atoms with E-state index in [1.807, 2.05) is 0 Å². The number of carbonyl (C=O) groups excluding carboxylic acids is 1. The topological polar surface area (TPSA) is 118 Å². The van der Waals surface area contributed by atoms with Crippen LogP contribution in [0.1, 0.15) is 0 Å². The molecule has 6 heteroatoms. The highest BCUT2D eigenvalue weighted by Crippen LogP contribution is 2.00. The van der Waals surface area contributed by atoms with Gasteiger partial charge in [-0.2, -0.15) is 0 Å². The molecule has 72 valence electrons. The molecule has 0 aromatic rings. The first kappa shape index (κ1) is 11.5. The quantitative estimate of drug-likeness (QED) is 0.283. The molecule has 0 heterocycles. The molecular formula is C6H12O6. The second-order valence-electron chi connectivity index (χ2n) is 2.31. The van der Waals surface area contributed by atoms with Crippen LogP contribution in [0.5, 0.6) is 0 Å². The first-order chi connectivity index (χ1) is 5.54. The number of aliphatic hydroxyl groups excluding tert-OH is 5. The van der Waals surface area contributed by atoms with Crippen molar-refractivity contribution >= 4 is 5.78 Å². The average Bonchev–Trinajstić information content (AvgIpc) is 2.12. The van der Waals surface area contributed by atoms with Gasteiger partial charge < -0.3 is 25.5 Å². The smallest absolute Gasteiger partial charge is 0.189 e. The minimum absolute atomic E-state index is 0.767. The molecular weight excluding hydrogens is 170 g/mol. The maximum atomic E-state index is 10.5. The van der Waals surface area contributed by atoms with Crippen LogP contribution >= 0.6 is 0 Å². The number of aliphatic hydroxyl groups is 5. The normalized spacial score (nSPS) is 18.4. The molecule has 0 fully saturated rings. The van der Waals surface area contributed by atoms with E-state index in [9.17, 15) is 4.79 Å². The van der Waals surface area contributed by atoms with E-state index in [0.717, 1.165) is 0 Å². The van der Waals surface area contributed by atoms with E-state index in [1.165, 1.54) is 0 Å². The van der Waals surface area contributed by atoms with Crippen molar-refractivity contribution in [3.8, 4) is 0 Å². The van der Waals surface area contributed by atoms with Gasteiger partial charge in [0, 0.05) is 0 Å². The van der Waals surface area contributed by atoms with Crippen LogP contribution in [0.2, 0.25) is 0 Å². The third-order valence-electron chi connectivity index (χ3n) is 1.39. The summed E-state index contributed by atoms with van der Waals surface area (Å²) in [7, 11) is 0. The van der Waals surface area contributed by atoms with Crippen molar-refractivity contribution in [2.75, 3.05) is 13.2 Å². The molecule has 5 N–H and O–H groups in total. The molecule has 0 aromatic carbocycles. The Balaban J connectivity index is 4.08. The summed E-state index contributed by atoms with van der Waals surface area (Å²) in [4.78, 5) is 10.5. The molecule has 0 aliphatic carbocycles. The van der Waals surface area contributed by atoms with Gasteiger partial charge in [-0.15, -0.1) is 0 Å². The summed E-state index contributed by atoms with van der Waals surface area (Å²) in [5, 5.41) is 43.1. The minimum atomic E-state index is -1.86. The zero-order chi connectivity index (χ0) is 9.72. The molecule has 0 radical (unpaired) electrons. The highest BCUT2D eigenvalue weighted by molar-refractivity contribution is 5.84. The fourth-order valence-corrected chi connectivity index (χ4v) is 0.602. The maximum Gasteiger partial charge on any atom is 0.189 e. The van der Waals surface area contributed by atoms with Crippen molar-refractivity contribution in [3.05, 3.63) is 0 Å². The van der Waals surface area contributed by atoms with Gasteiger partial charge in [0.2, 0.25) is 0 Å². The molecule has 6 nitrogen and oxygen atoms in total. The van der Waals surface area contributed by atoms with Gasteiger partial charge in [0.15, 0.2) is 5.78 Å². The fraction of sp³-hybridized carbons (Fsp3) is 0.833. The first-order valence-electron chi connectivity index (χ1n) is 3.33. The Morgan fingerprint density at radius 1 is 1.33 bits per heavy atom. The lowest BCUT2D eigenvalue weighted by Crippen LogP contribution is -2.44. The van der Waals surface area contributed by atoms with Crippen LogP contribution in [0.4, 0.5) is 0 Å². The van der Waals surface area contributed by atoms with Crippen LogP contribution in [0.3, 0.4) is 0 Å². The number of hydrogen-bond donors (Lipinski definition) is 5. The van der Waals surface area contributed by atoms with Crippen molar-refractivity contribution in [1.82, 2.24) is 0 Å². The summed E-state index contributed by atoms with van der Waals surface area (Å²) in [6.07, 6.45) is -5.22. The number of Topliss-reactive ketones (excluding diaryl/α,β-unsaturated/α-hetero) is 1. The van der Waals surface area contributed by atoms with Gasteiger partial charge >= 0.3 is 0 Å². The second kappa shape index (κ2) is 5.18. The maximum absolute atomic E-state index is 10.5. The van der Waals surface area contributed by atoms with Crippen LogP contribution in [0, 0.1) is 0 Å². The first-order valence-corrected chi connectivity index (χ1v) is 3.33. The van der Waals surface area contributed by atoms with Gasteiger partial charge in [-0.3, -0.25) is 4.79 Å². The minimum Gasteiger partial charge on any atom is -0.394 e. The van der Waals surface area contributed by atoms with Crippen molar-refractivity contribution < 1.29 is 30.3 Å². The Morgan fingerprint density at radius 2 is 1.83 bits per heavy atom. The van der Waals surface area contributed by atoms with Crippen molar-refractivity contribution in [2.24, 2.45) is 0 Å². The van der Waals surface area contributed by atoms with Gasteiger partial charge in [0.05, 0.1) is 6.61 Å². The zero-order valence-electron chi connectivity index (χ0n) is 6.29. The summed E-state index contributed by atoms with van der Waals surface area (Å²) in [6, 6.07) is 0. The number of carbonyl (C=O) groups is 1. The highest BCUT2D eigenvalue weighted by Gasteiger charge is 2.28. The third-order valence-corrected chi connectivity index (χ3v) is 1.39. The molecule has 0 aliphatic heterocycles. The molecule has 12 heavy (non-hydrogen) atoms. The zero-order valence-corrected chi connectivity index (χ0v) is 6.29. The summed E-state index contributed by atoms with van der Waals surface area (Å²) < 4.78 is 0. The fourth-order valence-electron chi connectivity index (χ4n) is 0.602. The predicted molar refractivity (Wildman–Crippen MR) is 37.2 cm³/mol. The van der Waals surface area contributed by atoms with Crippen molar-refractivity contribution in [3.63, 3.8) is 0 Å².